The summed E-state index contributed by atoms with van der Waals surface area (Å²) < 4.78 is 5.65. The predicted molar refractivity (Wildman–Crippen MR) is 75.7 cm³/mol. The van der Waals surface area contributed by atoms with E-state index >= 15 is 0 Å². The summed E-state index contributed by atoms with van der Waals surface area (Å²) in [6.45, 7) is 5.57. The quantitative estimate of drug-likeness (QED) is 0.910. The molecule has 0 atom stereocenters. The van der Waals surface area contributed by atoms with E-state index in [1.54, 1.807) is 12.4 Å². The average molecular weight is 278 g/mol. The number of ether oxygens (including phenoxy) is 1. The van der Waals surface area contributed by atoms with Gasteiger partial charge in [-0.15, -0.1) is 0 Å². The molecule has 5 heteroatoms. The molecule has 0 bridgehead atoms. The van der Waals surface area contributed by atoms with E-state index < -0.39 is 0 Å². The van der Waals surface area contributed by atoms with E-state index in [4.69, 9.17) is 16.3 Å². The Morgan fingerprint density at radius 1 is 1.32 bits per heavy atom. The average Bonchev–Trinajstić information content (AvgIpc) is 2.40. The number of nitrogens with one attached hydrogen (secondary N) is 1. The number of rotatable bonds is 5. The van der Waals surface area contributed by atoms with Gasteiger partial charge < -0.3 is 10.1 Å². The number of halogens is 1. The molecule has 1 N–H and O–H groups in total. The maximum absolute atomic E-state index is 6.12. The van der Waals surface area contributed by atoms with Crippen LogP contribution in [0.5, 0.6) is 11.6 Å². The van der Waals surface area contributed by atoms with Gasteiger partial charge in [0, 0.05) is 12.7 Å². The van der Waals surface area contributed by atoms with E-state index in [1.165, 1.54) is 0 Å². The Kier molecular flexibility index (Phi) is 4.71. The second-order valence-electron chi connectivity index (χ2n) is 4.16. The molecule has 1 aromatic heterocycles. The third-order valence-electron chi connectivity index (χ3n) is 2.52. The molecule has 0 saturated carbocycles. The molecular weight excluding hydrogens is 262 g/mol. The zero-order chi connectivity index (χ0) is 13.7. The summed E-state index contributed by atoms with van der Waals surface area (Å²) in [6.07, 6.45) is 3.29. The molecule has 1 aromatic carbocycles. The van der Waals surface area contributed by atoms with Crippen LogP contribution < -0.4 is 10.1 Å². The van der Waals surface area contributed by atoms with E-state index in [1.807, 2.05) is 32.0 Å². The Balaban J connectivity index is 2.14. The monoisotopic (exact) mass is 277 g/mol. The maximum Gasteiger partial charge on any atom is 0.238 e. The van der Waals surface area contributed by atoms with Crippen LogP contribution in [0.4, 0.5) is 0 Å². The van der Waals surface area contributed by atoms with Crippen molar-refractivity contribution in [3.05, 3.63) is 46.9 Å². The van der Waals surface area contributed by atoms with E-state index in [0.717, 1.165) is 17.8 Å². The third kappa shape index (κ3) is 3.91. The number of nitrogens with zero attached hydrogens (tertiary/aromatic N) is 2. The minimum Gasteiger partial charge on any atom is -0.436 e. The first-order chi connectivity index (χ1) is 9.19. The number of aryl methyl sites for hydroxylation is 1. The molecular formula is C14H16ClN3O. The molecule has 0 unspecified atom stereocenters. The lowest BCUT2D eigenvalue weighted by Gasteiger charge is -2.08. The molecule has 19 heavy (non-hydrogen) atoms. The molecule has 100 valence electrons. The van der Waals surface area contributed by atoms with Gasteiger partial charge >= 0.3 is 0 Å². The van der Waals surface area contributed by atoms with Crippen molar-refractivity contribution in [2.24, 2.45) is 0 Å². The van der Waals surface area contributed by atoms with Crippen molar-refractivity contribution in [3.63, 3.8) is 0 Å². The van der Waals surface area contributed by atoms with Gasteiger partial charge in [-0.2, -0.15) is 0 Å². The highest BCUT2D eigenvalue weighted by atomic mass is 35.5. The molecule has 0 saturated heterocycles. The van der Waals surface area contributed by atoms with Crippen molar-refractivity contribution in [1.29, 1.82) is 0 Å². The first-order valence-corrected chi connectivity index (χ1v) is 6.52. The van der Waals surface area contributed by atoms with Crippen molar-refractivity contribution in [2.75, 3.05) is 6.54 Å². The highest BCUT2D eigenvalue weighted by molar-refractivity contribution is 6.32. The summed E-state index contributed by atoms with van der Waals surface area (Å²) in [7, 11) is 0. The lowest BCUT2D eigenvalue weighted by molar-refractivity contribution is 0.456. The van der Waals surface area contributed by atoms with Crippen molar-refractivity contribution < 1.29 is 4.74 Å². The van der Waals surface area contributed by atoms with Crippen LogP contribution in [-0.2, 0) is 6.54 Å². The Morgan fingerprint density at radius 3 is 2.89 bits per heavy atom. The first kappa shape index (κ1) is 13.8. The number of benzene rings is 1. The van der Waals surface area contributed by atoms with Crippen LogP contribution in [0.15, 0.2) is 30.6 Å². The van der Waals surface area contributed by atoms with E-state index in [0.29, 0.717) is 23.2 Å². The minimum absolute atomic E-state index is 0.446. The predicted octanol–water partition coefficient (Wildman–Crippen LogP) is 3.34. The number of hydrogen-bond donors (Lipinski definition) is 1. The van der Waals surface area contributed by atoms with Crippen LogP contribution in [0.1, 0.15) is 18.2 Å². The second-order valence-corrected chi connectivity index (χ2v) is 4.57. The zero-order valence-corrected chi connectivity index (χ0v) is 11.7. The van der Waals surface area contributed by atoms with Gasteiger partial charge in [0.2, 0.25) is 5.88 Å². The molecule has 0 radical (unpaired) electrons. The van der Waals surface area contributed by atoms with Gasteiger partial charge in [0.15, 0.2) is 0 Å². The molecule has 0 spiro atoms. The molecule has 0 amide bonds. The summed E-state index contributed by atoms with van der Waals surface area (Å²) >= 11 is 6.12. The van der Waals surface area contributed by atoms with Crippen LogP contribution in [-0.4, -0.2) is 16.5 Å². The fourth-order valence-electron chi connectivity index (χ4n) is 1.58. The highest BCUT2D eigenvalue weighted by Crippen LogP contribution is 2.28. The Morgan fingerprint density at radius 2 is 2.16 bits per heavy atom. The first-order valence-electron chi connectivity index (χ1n) is 6.14. The fraction of sp³-hybridized carbons (Fsp3) is 0.286. The van der Waals surface area contributed by atoms with Crippen molar-refractivity contribution in [3.8, 4) is 11.6 Å². The summed E-state index contributed by atoms with van der Waals surface area (Å²) in [5, 5.41) is 3.76. The van der Waals surface area contributed by atoms with Gasteiger partial charge in [-0.1, -0.05) is 24.6 Å². The summed E-state index contributed by atoms with van der Waals surface area (Å²) in [5.41, 5.74) is 1.92. The zero-order valence-electron chi connectivity index (χ0n) is 11.0. The standard InChI is InChI=1S/C14H16ClN3O/c1-3-16-7-11-8-17-9-14(18-11)19-13-5-4-10(2)6-12(13)15/h4-6,8-9,16H,3,7H2,1-2H3. The van der Waals surface area contributed by atoms with Crippen molar-refractivity contribution >= 4 is 11.6 Å². The molecule has 0 fully saturated rings. The molecule has 4 nitrogen and oxygen atoms in total. The van der Waals surface area contributed by atoms with E-state index in [-0.39, 0.29) is 0 Å². The van der Waals surface area contributed by atoms with E-state index in [9.17, 15) is 0 Å². The van der Waals surface area contributed by atoms with Crippen molar-refractivity contribution in [1.82, 2.24) is 15.3 Å². The van der Waals surface area contributed by atoms with Gasteiger partial charge in [-0.05, 0) is 31.2 Å². The summed E-state index contributed by atoms with van der Waals surface area (Å²) in [6, 6.07) is 5.63. The van der Waals surface area contributed by atoms with Crippen LogP contribution in [0.2, 0.25) is 5.02 Å². The Hall–Kier alpha value is -1.65. The van der Waals surface area contributed by atoms with Gasteiger partial charge in [0.05, 0.1) is 16.9 Å². The Bertz CT molecular complexity index is 560. The molecule has 2 rings (SSSR count). The van der Waals surface area contributed by atoms with Crippen LogP contribution in [0.3, 0.4) is 0 Å². The number of aromatic nitrogens is 2. The SMILES string of the molecule is CCNCc1cncc(Oc2ccc(C)cc2Cl)n1. The molecule has 0 aliphatic carbocycles. The smallest absolute Gasteiger partial charge is 0.238 e. The van der Waals surface area contributed by atoms with Crippen molar-refractivity contribution in [2.45, 2.75) is 20.4 Å². The van der Waals surface area contributed by atoms with Gasteiger partial charge in [0.1, 0.15) is 5.75 Å². The lowest BCUT2D eigenvalue weighted by atomic mass is 10.2. The maximum atomic E-state index is 6.12. The number of hydrogen-bond acceptors (Lipinski definition) is 4. The van der Waals surface area contributed by atoms with Crippen LogP contribution in [0, 0.1) is 6.92 Å². The van der Waals surface area contributed by atoms with Gasteiger partial charge in [0.25, 0.3) is 0 Å². The fourth-order valence-corrected chi connectivity index (χ4v) is 1.85. The normalized spacial score (nSPS) is 10.5. The Labute approximate surface area is 117 Å². The van der Waals surface area contributed by atoms with Gasteiger partial charge in [-0.3, -0.25) is 4.98 Å². The minimum atomic E-state index is 0.446. The molecule has 2 aromatic rings. The third-order valence-corrected chi connectivity index (χ3v) is 2.82. The molecule has 0 aliphatic rings. The second kappa shape index (κ2) is 6.50. The largest absolute Gasteiger partial charge is 0.436 e. The molecule has 1 heterocycles. The van der Waals surface area contributed by atoms with Crippen LogP contribution in [0.25, 0.3) is 0 Å². The van der Waals surface area contributed by atoms with Gasteiger partial charge in [-0.25, -0.2) is 4.98 Å². The van der Waals surface area contributed by atoms with E-state index in [2.05, 4.69) is 15.3 Å². The topological polar surface area (TPSA) is 47.0 Å². The highest BCUT2D eigenvalue weighted by Gasteiger charge is 2.05. The summed E-state index contributed by atoms with van der Waals surface area (Å²) in [4.78, 5) is 8.47. The van der Waals surface area contributed by atoms with Crippen LogP contribution >= 0.6 is 11.6 Å². The summed E-state index contributed by atoms with van der Waals surface area (Å²) in [5.74, 6) is 1.03. The lowest BCUT2D eigenvalue weighted by Crippen LogP contribution is -2.13. The molecule has 0 aliphatic heterocycles.